The van der Waals surface area contributed by atoms with Crippen LogP contribution in [0.3, 0.4) is 0 Å². The number of rotatable bonds is 4. The van der Waals surface area contributed by atoms with Crippen molar-refractivity contribution in [3.8, 4) is 0 Å². The Hall–Kier alpha value is -1.42. The molecule has 0 aliphatic heterocycles. The first-order valence-corrected chi connectivity index (χ1v) is 5.14. The molecule has 1 aromatic carbocycles. The summed E-state index contributed by atoms with van der Waals surface area (Å²) in [4.78, 5) is 11.2. The van der Waals surface area contributed by atoms with Crippen LogP contribution >= 0.6 is 0 Å². The van der Waals surface area contributed by atoms with Gasteiger partial charge in [0.05, 0.1) is 7.11 Å². The minimum absolute atomic E-state index is 0.0327. The fourth-order valence-electron chi connectivity index (χ4n) is 1.47. The molecule has 0 bridgehead atoms. The SMILES string of the molecule is COC(=O)C(C)N[C@@H](C)c1ccc(F)cc1. The van der Waals surface area contributed by atoms with Crippen molar-refractivity contribution in [2.24, 2.45) is 0 Å². The Kier molecular flexibility index (Phi) is 4.43. The van der Waals surface area contributed by atoms with Crippen LogP contribution in [0.2, 0.25) is 0 Å². The molecular formula is C12H16FNO2. The van der Waals surface area contributed by atoms with Gasteiger partial charge in [0.1, 0.15) is 11.9 Å². The Balaban J connectivity index is 2.61. The normalized spacial score (nSPS) is 14.2. The van der Waals surface area contributed by atoms with Gasteiger partial charge in [-0.1, -0.05) is 12.1 Å². The molecule has 2 atom stereocenters. The third-order valence-electron chi connectivity index (χ3n) is 2.42. The van der Waals surface area contributed by atoms with Crippen molar-refractivity contribution >= 4 is 5.97 Å². The molecule has 0 aliphatic carbocycles. The van der Waals surface area contributed by atoms with Gasteiger partial charge in [0, 0.05) is 6.04 Å². The van der Waals surface area contributed by atoms with Crippen LogP contribution < -0.4 is 5.32 Å². The van der Waals surface area contributed by atoms with Crippen molar-refractivity contribution in [1.29, 1.82) is 0 Å². The number of benzene rings is 1. The van der Waals surface area contributed by atoms with Gasteiger partial charge < -0.3 is 4.74 Å². The fraction of sp³-hybridized carbons (Fsp3) is 0.417. The standard InChI is InChI=1S/C12H16FNO2/c1-8(14-9(2)12(15)16-3)10-4-6-11(13)7-5-10/h4-9,14H,1-3H3/t8-,9?/m0/s1. The van der Waals surface area contributed by atoms with E-state index in [0.29, 0.717) is 0 Å². The summed E-state index contributed by atoms with van der Waals surface area (Å²) in [5, 5.41) is 3.07. The topological polar surface area (TPSA) is 38.3 Å². The Morgan fingerprint density at radius 3 is 2.38 bits per heavy atom. The predicted octanol–water partition coefficient (Wildman–Crippen LogP) is 2.04. The van der Waals surface area contributed by atoms with E-state index in [-0.39, 0.29) is 23.9 Å². The number of carbonyl (C=O) groups excluding carboxylic acids is 1. The highest BCUT2D eigenvalue weighted by Crippen LogP contribution is 2.13. The molecule has 0 saturated heterocycles. The maximum atomic E-state index is 12.7. The Morgan fingerprint density at radius 1 is 1.31 bits per heavy atom. The summed E-state index contributed by atoms with van der Waals surface area (Å²) in [5.41, 5.74) is 0.928. The van der Waals surface area contributed by atoms with Crippen LogP contribution in [0.4, 0.5) is 4.39 Å². The van der Waals surface area contributed by atoms with Gasteiger partial charge >= 0.3 is 5.97 Å². The van der Waals surface area contributed by atoms with Crippen molar-refractivity contribution in [3.63, 3.8) is 0 Å². The number of carbonyl (C=O) groups is 1. The van der Waals surface area contributed by atoms with Gasteiger partial charge in [-0.25, -0.2) is 4.39 Å². The summed E-state index contributed by atoms with van der Waals surface area (Å²) < 4.78 is 17.3. The zero-order valence-electron chi connectivity index (χ0n) is 9.66. The van der Waals surface area contributed by atoms with Gasteiger partial charge in [-0.15, -0.1) is 0 Å². The van der Waals surface area contributed by atoms with E-state index in [0.717, 1.165) is 5.56 Å². The van der Waals surface area contributed by atoms with Crippen LogP contribution in [0.1, 0.15) is 25.5 Å². The zero-order valence-corrected chi connectivity index (χ0v) is 9.66. The number of nitrogens with one attached hydrogen (secondary N) is 1. The molecule has 1 unspecified atom stereocenters. The van der Waals surface area contributed by atoms with Crippen LogP contribution in [-0.4, -0.2) is 19.1 Å². The van der Waals surface area contributed by atoms with Crippen LogP contribution in [0.5, 0.6) is 0 Å². The molecule has 0 aliphatic rings. The molecule has 0 spiro atoms. The molecule has 16 heavy (non-hydrogen) atoms. The molecule has 1 N–H and O–H groups in total. The lowest BCUT2D eigenvalue weighted by Gasteiger charge is -2.18. The molecule has 88 valence electrons. The first-order valence-electron chi connectivity index (χ1n) is 5.14. The number of hydrogen-bond donors (Lipinski definition) is 1. The third kappa shape index (κ3) is 3.31. The van der Waals surface area contributed by atoms with Crippen LogP contribution in [0.25, 0.3) is 0 Å². The number of hydrogen-bond acceptors (Lipinski definition) is 3. The number of esters is 1. The summed E-state index contributed by atoms with van der Waals surface area (Å²) in [6, 6.07) is 5.76. The third-order valence-corrected chi connectivity index (χ3v) is 2.42. The predicted molar refractivity (Wildman–Crippen MR) is 59.4 cm³/mol. The highest BCUT2D eigenvalue weighted by molar-refractivity contribution is 5.75. The zero-order chi connectivity index (χ0) is 12.1. The molecule has 3 nitrogen and oxygen atoms in total. The van der Waals surface area contributed by atoms with E-state index < -0.39 is 0 Å². The highest BCUT2D eigenvalue weighted by Gasteiger charge is 2.16. The molecule has 0 radical (unpaired) electrons. The maximum absolute atomic E-state index is 12.7. The monoisotopic (exact) mass is 225 g/mol. The van der Waals surface area contributed by atoms with E-state index in [2.05, 4.69) is 10.1 Å². The summed E-state index contributed by atoms with van der Waals surface area (Å²) >= 11 is 0. The molecular weight excluding hydrogens is 209 g/mol. The second-order valence-electron chi connectivity index (χ2n) is 3.68. The molecule has 1 rings (SSSR count). The molecule has 1 aromatic rings. The molecule has 0 fully saturated rings. The largest absolute Gasteiger partial charge is 0.468 e. The summed E-state index contributed by atoms with van der Waals surface area (Å²) in [7, 11) is 1.35. The van der Waals surface area contributed by atoms with E-state index in [9.17, 15) is 9.18 Å². The van der Waals surface area contributed by atoms with E-state index in [1.165, 1.54) is 19.2 Å². The lowest BCUT2D eigenvalue weighted by molar-refractivity contribution is -0.142. The average Bonchev–Trinajstić information content (AvgIpc) is 2.28. The van der Waals surface area contributed by atoms with Gasteiger partial charge in [0.2, 0.25) is 0 Å². The number of methoxy groups -OCH3 is 1. The van der Waals surface area contributed by atoms with Crippen LogP contribution in [0.15, 0.2) is 24.3 Å². The fourth-order valence-corrected chi connectivity index (χ4v) is 1.47. The van der Waals surface area contributed by atoms with Crippen molar-refractivity contribution in [3.05, 3.63) is 35.6 Å². The van der Waals surface area contributed by atoms with E-state index in [1.807, 2.05) is 6.92 Å². The molecule has 0 amide bonds. The maximum Gasteiger partial charge on any atom is 0.322 e. The van der Waals surface area contributed by atoms with Gasteiger partial charge in [0.25, 0.3) is 0 Å². The second-order valence-corrected chi connectivity index (χ2v) is 3.68. The van der Waals surface area contributed by atoms with Gasteiger partial charge in [-0.05, 0) is 31.5 Å². The summed E-state index contributed by atoms with van der Waals surface area (Å²) in [5.74, 6) is -0.578. The number of ether oxygens (including phenoxy) is 1. The van der Waals surface area contributed by atoms with Crippen molar-refractivity contribution < 1.29 is 13.9 Å². The van der Waals surface area contributed by atoms with Crippen molar-refractivity contribution in [1.82, 2.24) is 5.32 Å². The first kappa shape index (κ1) is 12.6. The van der Waals surface area contributed by atoms with E-state index in [1.54, 1.807) is 19.1 Å². The molecule has 0 aromatic heterocycles. The van der Waals surface area contributed by atoms with Crippen molar-refractivity contribution in [2.75, 3.05) is 7.11 Å². The van der Waals surface area contributed by atoms with Crippen LogP contribution in [0, 0.1) is 5.82 Å². The quantitative estimate of drug-likeness (QED) is 0.797. The molecule has 4 heteroatoms. The Bertz CT molecular complexity index is 351. The second kappa shape index (κ2) is 5.61. The smallest absolute Gasteiger partial charge is 0.322 e. The first-order chi connectivity index (χ1) is 7.54. The average molecular weight is 225 g/mol. The van der Waals surface area contributed by atoms with E-state index in [4.69, 9.17) is 0 Å². The Labute approximate surface area is 94.6 Å². The van der Waals surface area contributed by atoms with Gasteiger partial charge in [-0.2, -0.15) is 0 Å². The summed E-state index contributed by atoms with van der Waals surface area (Å²) in [6.07, 6.45) is 0. The lowest BCUT2D eigenvalue weighted by atomic mass is 10.1. The molecule has 0 saturated carbocycles. The van der Waals surface area contributed by atoms with Gasteiger partial charge in [0.15, 0.2) is 0 Å². The minimum Gasteiger partial charge on any atom is -0.468 e. The number of halogens is 1. The Morgan fingerprint density at radius 2 is 1.88 bits per heavy atom. The van der Waals surface area contributed by atoms with Crippen LogP contribution in [-0.2, 0) is 9.53 Å². The summed E-state index contributed by atoms with van der Waals surface area (Å²) in [6.45, 7) is 3.64. The van der Waals surface area contributed by atoms with E-state index >= 15 is 0 Å². The minimum atomic E-state index is -0.384. The van der Waals surface area contributed by atoms with Crippen molar-refractivity contribution in [2.45, 2.75) is 25.9 Å². The molecule has 0 heterocycles. The lowest BCUT2D eigenvalue weighted by Crippen LogP contribution is -2.36. The van der Waals surface area contributed by atoms with Gasteiger partial charge in [-0.3, -0.25) is 10.1 Å². The highest BCUT2D eigenvalue weighted by atomic mass is 19.1.